The molecule has 0 bridgehead atoms. The SMILES string of the molecule is CCOC1(C(=O)Cc2ccc(F)c(F)c2)CCOCC1. The van der Waals surface area contributed by atoms with Gasteiger partial charge in [0.25, 0.3) is 0 Å². The van der Waals surface area contributed by atoms with E-state index >= 15 is 0 Å². The minimum atomic E-state index is -0.937. The second kappa shape index (κ2) is 6.41. The molecule has 1 aromatic rings. The number of carbonyl (C=O) groups is 1. The van der Waals surface area contributed by atoms with Crippen LogP contribution in [0.3, 0.4) is 0 Å². The summed E-state index contributed by atoms with van der Waals surface area (Å²) in [7, 11) is 0. The van der Waals surface area contributed by atoms with Crippen LogP contribution in [-0.4, -0.2) is 31.2 Å². The highest BCUT2D eigenvalue weighted by Gasteiger charge is 2.40. The maximum absolute atomic E-state index is 13.2. The molecule has 1 fully saturated rings. The van der Waals surface area contributed by atoms with Crippen LogP contribution < -0.4 is 0 Å². The van der Waals surface area contributed by atoms with Crippen LogP contribution in [0.2, 0.25) is 0 Å². The molecule has 0 atom stereocenters. The maximum Gasteiger partial charge on any atom is 0.169 e. The predicted octanol–water partition coefficient (Wildman–Crippen LogP) is 2.66. The summed E-state index contributed by atoms with van der Waals surface area (Å²) < 4.78 is 37.0. The summed E-state index contributed by atoms with van der Waals surface area (Å²) in [5.41, 5.74) is -0.392. The van der Waals surface area contributed by atoms with Crippen molar-refractivity contribution in [3.05, 3.63) is 35.4 Å². The molecule has 0 unspecified atom stereocenters. The minimum absolute atomic E-state index is 0.0389. The molecule has 110 valence electrons. The third-order valence-electron chi connectivity index (χ3n) is 3.58. The van der Waals surface area contributed by atoms with Crippen LogP contribution >= 0.6 is 0 Å². The van der Waals surface area contributed by atoms with Gasteiger partial charge >= 0.3 is 0 Å². The molecule has 1 aliphatic heterocycles. The Labute approximate surface area is 116 Å². The summed E-state index contributed by atoms with van der Waals surface area (Å²) >= 11 is 0. The number of ether oxygens (including phenoxy) is 2. The van der Waals surface area contributed by atoms with Gasteiger partial charge in [0.05, 0.1) is 0 Å². The zero-order valence-electron chi connectivity index (χ0n) is 11.5. The van der Waals surface area contributed by atoms with E-state index in [1.54, 1.807) is 0 Å². The topological polar surface area (TPSA) is 35.5 Å². The number of Topliss-reactive ketones (excluding diaryl/α,β-unsaturated/α-hetero) is 1. The number of halogens is 2. The Morgan fingerprint density at radius 2 is 2.00 bits per heavy atom. The highest BCUT2D eigenvalue weighted by molar-refractivity contribution is 5.89. The lowest BCUT2D eigenvalue weighted by molar-refractivity contribution is -0.156. The van der Waals surface area contributed by atoms with Gasteiger partial charge < -0.3 is 9.47 Å². The maximum atomic E-state index is 13.2. The Hall–Kier alpha value is -1.33. The van der Waals surface area contributed by atoms with Crippen LogP contribution in [0.25, 0.3) is 0 Å². The largest absolute Gasteiger partial charge is 0.381 e. The Morgan fingerprint density at radius 3 is 2.60 bits per heavy atom. The van der Waals surface area contributed by atoms with E-state index in [-0.39, 0.29) is 12.2 Å². The molecule has 0 amide bonds. The lowest BCUT2D eigenvalue weighted by Gasteiger charge is -2.35. The summed E-state index contributed by atoms with van der Waals surface area (Å²) in [6.07, 6.45) is 1.05. The smallest absolute Gasteiger partial charge is 0.169 e. The molecule has 1 aromatic carbocycles. The molecule has 0 saturated carbocycles. The van der Waals surface area contributed by atoms with E-state index in [9.17, 15) is 13.6 Å². The number of ketones is 1. The zero-order chi connectivity index (χ0) is 14.6. The molecule has 1 aliphatic rings. The number of rotatable bonds is 5. The lowest BCUT2D eigenvalue weighted by atomic mass is 9.86. The van der Waals surface area contributed by atoms with E-state index in [4.69, 9.17) is 9.47 Å². The van der Waals surface area contributed by atoms with Crippen LogP contribution in [0.4, 0.5) is 8.78 Å². The van der Waals surface area contributed by atoms with E-state index in [0.717, 1.165) is 12.1 Å². The van der Waals surface area contributed by atoms with E-state index in [1.165, 1.54) is 6.07 Å². The standard InChI is InChI=1S/C15H18F2O3/c1-2-20-15(5-7-19-8-6-15)14(18)10-11-3-4-12(16)13(17)9-11/h3-4,9H,2,5-8,10H2,1H3. The molecule has 20 heavy (non-hydrogen) atoms. The molecule has 3 nitrogen and oxygen atoms in total. The van der Waals surface area contributed by atoms with Gasteiger partial charge in [-0.25, -0.2) is 8.78 Å². The minimum Gasteiger partial charge on any atom is -0.381 e. The summed E-state index contributed by atoms with van der Waals surface area (Å²) in [5.74, 6) is -1.95. The van der Waals surface area contributed by atoms with Gasteiger partial charge in [-0.1, -0.05) is 6.07 Å². The average Bonchev–Trinajstić information content (AvgIpc) is 2.44. The Balaban J connectivity index is 2.13. The summed E-state index contributed by atoms with van der Waals surface area (Å²) in [6.45, 7) is 3.22. The van der Waals surface area contributed by atoms with Gasteiger partial charge in [0, 0.05) is 39.1 Å². The van der Waals surface area contributed by atoms with Crippen molar-refractivity contribution in [2.45, 2.75) is 31.8 Å². The van der Waals surface area contributed by atoms with Crippen LogP contribution in [0.1, 0.15) is 25.3 Å². The summed E-state index contributed by atoms with van der Waals surface area (Å²) in [6, 6.07) is 3.52. The third kappa shape index (κ3) is 3.22. The van der Waals surface area contributed by atoms with Gasteiger partial charge in [0.15, 0.2) is 17.4 Å². The average molecular weight is 284 g/mol. The fourth-order valence-corrected chi connectivity index (χ4v) is 2.48. The van der Waals surface area contributed by atoms with E-state index in [0.29, 0.717) is 38.2 Å². The van der Waals surface area contributed by atoms with Gasteiger partial charge in [-0.3, -0.25) is 4.79 Å². The van der Waals surface area contributed by atoms with Gasteiger partial charge in [0.1, 0.15) is 5.60 Å². The molecule has 2 rings (SSSR count). The number of hydrogen-bond donors (Lipinski definition) is 0. The van der Waals surface area contributed by atoms with E-state index in [1.807, 2.05) is 6.92 Å². The fraction of sp³-hybridized carbons (Fsp3) is 0.533. The van der Waals surface area contributed by atoms with Crippen molar-refractivity contribution in [2.75, 3.05) is 19.8 Å². The first kappa shape index (κ1) is 15.1. The predicted molar refractivity (Wildman–Crippen MR) is 69.5 cm³/mol. The first-order valence-electron chi connectivity index (χ1n) is 6.76. The second-order valence-electron chi connectivity index (χ2n) is 4.89. The van der Waals surface area contributed by atoms with Gasteiger partial charge in [-0.05, 0) is 24.6 Å². The van der Waals surface area contributed by atoms with Crippen molar-refractivity contribution in [3.8, 4) is 0 Å². The molecule has 5 heteroatoms. The van der Waals surface area contributed by atoms with Gasteiger partial charge in [0.2, 0.25) is 0 Å². The van der Waals surface area contributed by atoms with Crippen molar-refractivity contribution in [1.82, 2.24) is 0 Å². The van der Waals surface area contributed by atoms with Crippen LogP contribution in [-0.2, 0) is 20.7 Å². The van der Waals surface area contributed by atoms with Crippen molar-refractivity contribution >= 4 is 5.78 Å². The fourth-order valence-electron chi connectivity index (χ4n) is 2.48. The Bertz CT molecular complexity index is 476. The summed E-state index contributed by atoms with van der Waals surface area (Å²) in [4.78, 5) is 12.5. The molecule has 0 aliphatic carbocycles. The Morgan fingerprint density at radius 1 is 1.30 bits per heavy atom. The molecule has 0 spiro atoms. The van der Waals surface area contributed by atoms with Crippen LogP contribution in [0, 0.1) is 11.6 Å². The Kier molecular flexibility index (Phi) is 4.83. The molecule has 1 heterocycles. The summed E-state index contributed by atoms with van der Waals surface area (Å²) in [5, 5.41) is 0. The highest BCUT2D eigenvalue weighted by atomic mass is 19.2. The highest BCUT2D eigenvalue weighted by Crippen LogP contribution is 2.28. The van der Waals surface area contributed by atoms with Crippen molar-refractivity contribution < 1.29 is 23.0 Å². The lowest BCUT2D eigenvalue weighted by Crippen LogP contribution is -2.47. The molecule has 0 N–H and O–H groups in total. The number of benzene rings is 1. The first-order valence-corrected chi connectivity index (χ1v) is 6.76. The third-order valence-corrected chi connectivity index (χ3v) is 3.58. The van der Waals surface area contributed by atoms with Gasteiger partial charge in [-0.15, -0.1) is 0 Å². The number of hydrogen-bond acceptors (Lipinski definition) is 3. The van der Waals surface area contributed by atoms with Crippen molar-refractivity contribution in [3.63, 3.8) is 0 Å². The van der Waals surface area contributed by atoms with E-state index in [2.05, 4.69) is 0 Å². The quantitative estimate of drug-likeness (QED) is 0.834. The molecular formula is C15H18F2O3. The molecule has 1 saturated heterocycles. The van der Waals surface area contributed by atoms with Crippen molar-refractivity contribution in [1.29, 1.82) is 0 Å². The monoisotopic (exact) mass is 284 g/mol. The second-order valence-corrected chi connectivity index (χ2v) is 4.89. The van der Waals surface area contributed by atoms with Crippen molar-refractivity contribution in [2.24, 2.45) is 0 Å². The van der Waals surface area contributed by atoms with Crippen LogP contribution in [0.5, 0.6) is 0 Å². The van der Waals surface area contributed by atoms with Gasteiger partial charge in [-0.2, -0.15) is 0 Å². The molecule has 0 aromatic heterocycles. The first-order chi connectivity index (χ1) is 9.57. The van der Waals surface area contributed by atoms with E-state index < -0.39 is 17.2 Å². The molecular weight excluding hydrogens is 266 g/mol. The zero-order valence-corrected chi connectivity index (χ0v) is 11.5. The molecule has 0 radical (unpaired) electrons. The normalized spacial score (nSPS) is 17.9. The van der Waals surface area contributed by atoms with Crippen LogP contribution in [0.15, 0.2) is 18.2 Å². The number of carbonyl (C=O) groups excluding carboxylic acids is 1.